The van der Waals surface area contributed by atoms with Crippen molar-refractivity contribution >= 4 is 5.97 Å². The zero-order valence-electron chi connectivity index (χ0n) is 5.78. The number of aliphatic hydroxyl groups is 1. The third-order valence-electron chi connectivity index (χ3n) is 1.64. The smallest absolute Gasteiger partial charge is 0.311 e. The highest BCUT2D eigenvalue weighted by atomic mass is 16.5. The summed E-state index contributed by atoms with van der Waals surface area (Å²) >= 11 is 0. The van der Waals surface area contributed by atoms with Crippen LogP contribution in [0.15, 0.2) is 12.2 Å². The van der Waals surface area contributed by atoms with Crippen LogP contribution in [0, 0.1) is 5.92 Å². The molecule has 2 atom stereocenters. The number of hydrogen-bond acceptors (Lipinski definition) is 3. The summed E-state index contributed by atoms with van der Waals surface area (Å²) in [6.07, 6.45) is 3.34. The van der Waals surface area contributed by atoms with E-state index < -0.39 is 6.10 Å². The van der Waals surface area contributed by atoms with Crippen molar-refractivity contribution in [3.8, 4) is 0 Å². The van der Waals surface area contributed by atoms with Crippen LogP contribution >= 0.6 is 0 Å². The minimum Gasteiger partial charge on any atom is -0.469 e. The second kappa shape index (κ2) is 2.84. The number of hydrogen-bond donors (Lipinski definition) is 1. The van der Waals surface area contributed by atoms with Gasteiger partial charge in [0.1, 0.15) is 0 Å². The van der Waals surface area contributed by atoms with Gasteiger partial charge in [-0.25, -0.2) is 0 Å². The molecule has 0 amide bonds. The predicted octanol–water partition coefficient (Wildman–Crippen LogP) is 0.0964. The molecule has 0 spiro atoms. The van der Waals surface area contributed by atoms with Crippen molar-refractivity contribution < 1.29 is 14.6 Å². The molecule has 1 rings (SSSR count). The summed E-state index contributed by atoms with van der Waals surface area (Å²) < 4.78 is 4.47. The van der Waals surface area contributed by atoms with Gasteiger partial charge < -0.3 is 9.84 Å². The number of ether oxygens (including phenoxy) is 1. The van der Waals surface area contributed by atoms with Crippen molar-refractivity contribution in [2.24, 2.45) is 5.92 Å². The van der Waals surface area contributed by atoms with E-state index in [1.807, 2.05) is 0 Å². The average molecular weight is 142 g/mol. The molecule has 0 fully saturated rings. The van der Waals surface area contributed by atoms with Crippen molar-refractivity contribution in [1.82, 2.24) is 0 Å². The first-order chi connectivity index (χ1) is 4.75. The van der Waals surface area contributed by atoms with Crippen LogP contribution < -0.4 is 0 Å². The Morgan fingerprint density at radius 3 is 2.90 bits per heavy atom. The first-order valence-electron chi connectivity index (χ1n) is 3.18. The van der Waals surface area contributed by atoms with Gasteiger partial charge in [0.2, 0.25) is 0 Å². The normalized spacial score (nSPS) is 30.6. The molecule has 10 heavy (non-hydrogen) atoms. The molecule has 0 heterocycles. The van der Waals surface area contributed by atoms with Crippen molar-refractivity contribution in [3.63, 3.8) is 0 Å². The van der Waals surface area contributed by atoms with Gasteiger partial charge in [-0.05, 0) is 6.42 Å². The molecule has 0 saturated carbocycles. The SMILES string of the molecule is COC(=O)[C@@H]1CC=C[C@@H]1O. The van der Waals surface area contributed by atoms with Crippen molar-refractivity contribution in [2.75, 3.05) is 7.11 Å². The highest BCUT2D eigenvalue weighted by Crippen LogP contribution is 2.19. The molecule has 0 aromatic rings. The van der Waals surface area contributed by atoms with Gasteiger partial charge >= 0.3 is 5.97 Å². The lowest BCUT2D eigenvalue weighted by Gasteiger charge is -2.10. The van der Waals surface area contributed by atoms with Crippen molar-refractivity contribution in [3.05, 3.63) is 12.2 Å². The summed E-state index contributed by atoms with van der Waals surface area (Å²) in [4.78, 5) is 10.8. The number of methoxy groups -OCH3 is 1. The third-order valence-corrected chi connectivity index (χ3v) is 1.64. The quantitative estimate of drug-likeness (QED) is 0.417. The molecular weight excluding hydrogens is 132 g/mol. The molecule has 0 aromatic heterocycles. The molecule has 1 aliphatic carbocycles. The van der Waals surface area contributed by atoms with Crippen LogP contribution in [0.4, 0.5) is 0 Å². The van der Waals surface area contributed by atoms with E-state index in [0.29, 0.717) is 6.42 Å². The van der Waals surface area contributed by atoms with Gasteiger partial charge in [-0.3, -0.25) is 4.79 Å². The fourth-order valence-electron chi connectivity index (χ4n) is 1.03. The zero-order valence-corrected chi connectivity index (χ0v) is 5.78. The summed E-state index contributed by atoms with van der Waals surface area (Å²) in [5.41, 5.74) is 0. The van der Waals surface area contributed by atoms with Crippen LogP contribution in [0.1, 0.15) is 6.42 Å². The topological polar surface area (TPSA) is 46.5 Å². The van der Waals surface area contributed by atoms with E-state index in [4.69, 9.17) is 5.11 Å². The average Bonchev–Trinajstić information content (AvgIpc) is 2.34. The maximum Gasteiger partial charge on any atom is 0.311 e. The van der Waals surface area contributed by atoms with Crippen molar-refractivity contribution in [1.29, 1.82) is 0 Å². The Morgan fingerprint density at radius 1 is 1.80 bits per heavy atom. The highest BCUT2D eigenvalue weighted by molar-refractivity contribution is 5.74. The van der Waals surface area contributed by atoms with Crippen LogP contribution in [0.3, 0.4) is 0 Å². The van der Waals surface area contributed by atoms with Gasteiger partial charge in [0.15, 0.2) is 0 Å². The highest BCUT2D eigenvalue weighted by Gasteiger charge is 2.28. The fourth-order valence-corrected chi connectivity index (χ4v) is 1.03. The molecule has 0 bridgehead atoms. The summed E-state index contributed by atoms with van der Waals surface area (Å²) in [5.74, 6) is -0.706. The monoisotopic (exact) mass is 142 g/mol. The number of rotatable bonds is 1. The van der Waals surface area contributed by atoms with E-state index in [0.717, 1.165) is 0 Å². The molecule has 0 aliphatic heterocycles. The third kappa shape index (κ3) is 1.19. The molecule has 0 unspecified atom stereocenters. The van der Waals surface area contributed by atoms with E-state index in [2.05, 4.69) is 4.74 Å². The Morgan fingerprint density at radius 2 is 2.50 bits per heavy atom. The first kappa shape index (κ1) is 7.28. The lowest BCUT2D eigenvalue weighted by Crippen LogP contribution is -2.23. The molecule has 0 radical (unpaired) electrons. The summed E-state index contributed by atoms with van der Waals surface area (Å²) in [5, 5.41) is 9.10. The van der Waals surface area contributed by atoms with Crippen LogP contribution in [-0.2, 0) is 9.53 Å². The number of allylic oxidation sites excluding steroid dienone is 1. The molecule has 0 saturated heterocycles. The fraction of sp³-hybridized carbons (Fsp3) is 0.571. The Labute approximate surface area is 59.3 Å². The summed E-state index contributed by atoms with van der Waals surface area (Å²) in [7, 11) is 1.33. The van der Waals surface area contributed by atoms with E-state index in [-0.39, 0.29) is 11.9 Å². The minimum absolute atomic E-state index is 0.336. The van der Waals surface area contributed by atoms with Crippen LogP contribution in [0.25, 0.3) is 0 Å². The molecule has 1 N–H and O–H groups in total. The Bertz CT molecular complexity index is 162. The first-order valence-corrected chi connectivity index (χ1v) is 3.18. The van der Waals surface area contributed by atoms with Crippen molar-refractivity contribution in [2.45, 2.75) is 12.5 Å². The van der Waals surface area contributed by atoms with E-state index in [1.165, 1.54) is 7.11 Å². The Hall–Kier alpha value is -0.830. The second-order valence-electron chi connectivity index (χ2n) is 2.28. The number of aliphatic hydroxyl groups excluding tert-OH is 1. The number of esters is 1. The molecule has 56 valence electrons. The Balaban J connectivity index is 2.51. The van der Waals surface area contributed by atoms with Gasteiger partial charge in [-0.2, -0.15) is 0 Å². The van der Waals surface area contributed by atoms with Gasteiger partial charge in [0, 0.05) is 0 Å². The predicted molar refractivity (Wildman–Crippen MR) is 35.3 cm³/mol. The van der Waals surface area contributed by atoms with Gasteiger partial charge in [0.05, 0.1) is 19.1 Å². The van der Waals surface area contributed by atoms with Crippen LogP contribution in [0.5, 0.6) is 0 Å². The van der Waals surface area contributed by atoms with E-state index in [9.17, 15) is 4.79 Å². The van der Waals surface area contributed by atoms with Crippen LogP contribution in [-0.4, -0.2) is 24.3 Å². The molecule has 1 aliphatic rings. The van der Waals surface area contributed by atoms with E-state index >= 15 is 0 Å². The standard InChI is InChI=1S/C7H10O3/c1-10-7(9)5-3-2-4-6(5)8/h2,4-6,8H,3H2,1H3/t5-,6+/m1/s1. The minimum atomic E-state index is -0.646. The zero-order chi connectivity index (χ0) is 7.56. The maximum atomic E-state index is 10.8. The maximum absolute atomic E-state index is 10.8. The van der Waals surface area contributed by atoms with Gasteiger partial charge in [-0.1, -0.05) is 12.2 Å². The lowest BCUT2D eigenvalue weighted by molar-refractivity contribution is -0.147. The largest absolute Gasteiger partial charge is 0.469 e. The van der Waals surface area contributed by atoms with Gasteiger partial charge in [0.25, 0.3) is 0 Å². The second-order valence-corrected chi connectivity index (χ2v) is 2.28. The van der Waals surface area contributed by atoms with E-state index in [1.54, 1.807) is 12.2 Å². The molecule has 3 nitrogen and oxygen atoms in total. The molecule has 3 heteroatoms. The molecular formula is C7H10O3. The Kier molecular flexibility index (Phi) is 2.06. The molecule has 0 aromatic carbocycles. The number of carbonyl (C=O) groups excluding carboxylic acids is 1. The van der Waals surface area contributed by atoms with Crippen LogP contribution in [0.2, 0.25) is 0 Å². The number of carbonyl (C=O) groups is 1. The van der Waals surface area contributed by atoms with Gasteiger partial charge in [-0.15, -0.1) is 0 Å². The summed E-state index contributed by atoms with van der Waals surface area (Å²) in [6.45, 7) is 0. The lowest BCUT2D eigenvalue weighted by atomic mass is 10.1. The summed E-state index contributed by atoms with van der Waals surface area (Å²) in [6, 6.07) is 0.